The van der Waals surface area contributed by atoms with Crippen molar-refractivity contribution in [3.63, 3.8) is 0 Å². The Hall–Kier alpha value is -4.34. The number of aromatic nitrogens is 6. The van der Waals surface area contributed by atoms with Crippen LogP contribution < -0.4 is 15.9 Å². The van der Waals surface area contributed by atoms with E-state index in [-0.39, 0.29) is 11.9 Å². The molecule has 0 spiro atoms. The molecule has 9 nitrogen and oxygen atoms in total. The van der Waals surface area contributed by atoms with Crippen LogP contribution in [0.4, 0.5) is 10.2 Å². The Morgan fingerprint density at radius 3 is 2.56 bits per heavy atom. The van der Waals surface area contributed by atoms with Gasteiger partial charge in [0.25, 0.3) is 5.56 Å². The number of nitrogens with zero attached hydrogens (tertiary/aromatic N) is 6. The molecule has 1 aliphatic heterocycles. The summed E-state index contributed by atoms with van der Waals surface area (Å²) in [5.41, 5.74) is 3.32. The zero-order chi connectivity index (χ0) is 23.7. The van der Waals surface area contributed by atoms with E-state index in [9.17, 15) is 9.18 Å². The van der Waals surface area contributed by atoms with Crippen LogP contribution in [-0.2, 0) is 19.6 Å². The van der Waals surface area contributed by atoms with E-state index >= 15 is 0 Å². The molecule has 0 aliphatic carbocycles. The highest BCUT2D eigenvalue weighted by molar-refractivity contribution is 5.82. The molecule has 0 bridgehead atoms. The molecule has 2 aromatic carbocycles. The van der Waals surface area contributed by atoms with E-state index in [0.717, 1.165) is 11.1 Å². The van der Waals surface area contributed by atoms with Gasteiger partial charge in [0.15, 0.2) is 17.3 Å². The number of aromatic amines is 1. The van der Waals surface area contributed by atoms with Gasteiger partial charge in [-0.25, -0.2) is 29.0 Å². The van der Waals surface area contributed by atoms with Gasteiger partial charge in [-0.3, -0.25) is 9.80 Å². The molecule has 34 heavy (non-hydrogen) atoms. The maximum Gasteiger partial charge on any atom is 0.283 e. The summed E-state index contributed by atoms with van der Waals surface area (Å²) in [5, 5.41) is 5.08. The number of H-pyrrole nitrogens is 1. The number of nitrogens with one attached hydrogen (secondary N) is 2. The molecular formula is C24H23FN8O. The molecule has 0 unspecified atom stereocenters. The Morgan fingerprint density at radius 1 is 1.03 bits per heavy atom. The molecule has 1 aliphatic rings. The Morgan fingerprint density at radius 2 is 1.79 bits per heavy atom. The van der Waals surface area contributed by atoms with Crippen LogP contribution >= 0.6 is 0 Å². The van der Waals surface area contributed by atoms with E-state index in [0.29, 0.717) is 41.4 Å². The SMILES string of the molecule is CC.O=c1c2c(F)cccc2nc(CNc2ncnc3nc[nH]c23)n1N1Cc2ccccc2C1. The number of halogens is 1. The molecule has 0 fully saturated rings. The average Bonchev–Trinajstić information content (AvgIpc) is 3.51. The summed E-state index contributed by atoms with van der Waals surface area (Å²) >= 11 is 0. The van der Waals surface area contributed by atoms with Crippen molar-refractivity contribution >= 4 is 27.9 Å². The summed E-state index contributed by atoms with van der Waals surface area (Å²) in [5.74, 6) is 0.407. The van der Waals surface area contributed by atoms with E-state index in [1.165, 1.54) is 17.1 Å². The Balaban J connectivity index is 0.00000117. The topological polar surface area (TPSA) is 105 Å². The van der Waals surface area contributed by atoms with E-state index in [2.05, 4.69) is 30.2 Å². The van der Waals surface area contributed by atoms with Crippen molar-refractivity contribution in [2.24, 2.45) is 0 Å². The zero-order valence-corrected chi connectivity index (χ0v) is 18.8. The molecular weight excluding hydrogens is 435 g/mol. The van der Waals surface area contributed by atoms with Crippen molar-refractivity contribution in [2.45, 2.75) is 33.5 Å². The monoisotopic (exact) mass is 458 g/mol. The van der Waals surface area contributed by atoms with Crippen molar-refractivity contribution in [3.8, 4) is 0 Å². The molecule has 172 valence electrons. The van der Waals surface area contributed by atoms with Gasteiger partial charge in [0.1, 0.15) is 23.0 Å². The lowest BCUT2D eigenvalue weighted by atomic mass is 10.1. The van der Waals surface area contributed by atoms with Crippen LogP contribution in [0.1, 0.15) is 30.8 Å². The molecule has 6 rings (SSSR count). The minimum atomic E-state index is -0.583. The van der Waals surface area contributed by atoms with Gasteiger partial charge >= 0.3 is 0 Å². The quantitative estimate of drug-likeness (QED) is 0.425. The summed E-state index contributed by atoms with van der Waals surface area (Å²) in [6.07, 6.45) is 2.96. The van der Waals surface area contributed by atoms with Crippen LogP contribution in [0.25, 0.3) is 22.1 Å². The van der Waals surface area contributed by atoms with Gasteiger partial charge in [0, 0.05) is 0 Å². The fraction of sp³-hybridized carbons (Fsp3) is 0.208. The van der Waals surface area contributed by atoms with E-state index in [1.54, 1.807) is 18.5 Å². The van der Waals surface area contributed by atoms with Gasteiger partial charge < -0.3 is 10.3 Å². The number of benzene rings is 2. The van der Waals surface area contributed by atoms with Gasteiger partial charge in [0.05, 0.1) is 31.5 Å². The van der Waals surface area contributed by atoms with Gasteiger partial charge in [0.2, 0.25) is 0 Å². The first kappa shape index (κ1) is 21.5. The second kappa shape index (κ2) is 8.89. The standard InChI is InChI=1S/C22H17FN8O.C2H6/c23-15-6-3-7-16-18(15)22(32)31(30-9-13-4-1-2-5-14(13)10-30)17(29-16)8-24-20-19-21(26-11-25-19)28-12-27-20;1-2/h1-7,11-12H,8-10H2,(H2,24,25,26,27,28);1-2H3. The lowest BCUT2D eigenvalue weighted by Gasteiger charge is -2.24. The van der Waals surface area contributed by atoms with E-state index in [1.807, 2.05) is 43.1 Å². The highest BCUT2D eigenvalue weighted by Crippen LogP contribution is 2.23. The van der Waals surface area contributed by atoms with Crippen LogP contribution in [0.15, 0.2) is 59.9 Å². The molecule has 5 aromatic rings. The Bertz CT molecular complexity index is 1520. The summed E-state index contributed by atoms with van der Waals surface area (Å²) in [7, 11) is 0. The maximum absolute atomic E-state index is 14.6. The number of hydrogen-bond acceptors (Lipinski definition) is 7. The van der Waals surface area contributed by atoms with Gasteiger partial charge in [-0.15, -0.1) is 0 Å². The molecule has 2 N–H and O–H groups in total. The largest absolute Gasteiger partial charge is 0.361 e. The lowest BCUT2D eigenvalue weighted by Crippen LogP contribution is -2.42. The van der Waals surface area contributed by atoms with Crippen molar-refractivity contribution in [2.75, 3.05) is 10.3 Å². The molecule has 4 heterocycles. The summed E-state index contributed by atoms with van der Waals surface area (Å²) < 4.78 is 16.1. The van der Waals surface area contributed by atoms with E-state index in [4.69, 9.17) is 0 Å². The first-order valence-corrected chi connectivity index (χ1v) is 11.1. The minimum absolute atomic E-state index is 0.0230. The number of imidazole rings is 1. The number of hydrogen-bond donors (Lipinski definition) is 2. The van der Waals surface area contributed by atoms with Crippen molar-refractivity contribution in [1.82, 2.24) is 29.6 Å². The van der Waals surface area contributed by atoms with Crippen molar-refractivity contribution < 1.29 is 4.39 Å². The van der Waals surface area contributed by atoms with Gasteiger partial charge in [-0.2, -0.15) is 0 Å². The zero-order valence-electron chi connectivity index (χ0n) is 18.8. The second-order valence-electron chi connectivity index (χ2n) is 7.55. The fourth-order valence-corrected chi connectivity index (χ4v) is 4.15. The highest BCUT2D eigenvalue weighted by Gasteiger charge is 2.24. The predicted octanol–water partition coefficient (Wildman–Crippen LogP) is 3.49. The van der Waals surface area contributed by atoms with Gasteiger partial charge in [-0.1, -0.05) is 44.2 Å². The predicted molar refractivity (Wildman–Crippen MR) is 128 cm³/mol. The van der Waals surface area contributed by atoms with Crippen LogP contribution in [0.3, 0.4) is 0 Å². The first-order chi connectivity index (χ1) is 16.7. The second-order valence-corrected chi connectivity index (χ2v) is 7.55. The number of anilines is 1. The molecule has 3 aromatic heterocycles. The highest BCUT2D eigenvalue weighted by atomic mass is 19.1. The molecule has 10 heteroatoms. The van der Waals surface area contributed by atoms with Crippen LogP contribution in [-0.4, -0.2) is 29.6 Å². The van der Waals surface area contributed by atoms with Crippen LogP contribution in [0.5, 0.6) is 0 Å². The third-order valence-corrected chi connectivity index (χ3v) is 5.64. The summed E-state index contributed by atoms with van der Waals surface area (Å²) in [6, 6.07) is 12.5. The van der Waals surface area contributed by atoms with Gasteiger partial charge in [-0.05, 0) is 23.3 Å². The average molecular weight is 459 g/mol. The molecule has 0 amide bonds. The maximum atomic E-state index is 14.6. The molecule has 0 atom stereocenters. The lowest BCUT2D eigenvalue weighted by molar-refractivity contribution is 0.556. The Kier molecular flexibility index (Phi) is 5.62. The summed E-state index contributed by atoms with van der Waals surface area (Å²) in [6.45, 7) is 5.26. The number of rotatable bonds is 4. The number of fused-ring (bicyclic) bond motifs is 3. The van der Waals surface area contributed by atoms with Crippen LogP contribution in [0, 0.1) is 5.82 Å². The summed E-state index contributed by atoms with van der Waals surface area (Å²) in [4.78, 5) is 33.6. The first-order valence-electron chi connectivity index (χ1n) is 11.1. The Labute approximate surface area is 194 Å². The molecule has 0 radical (unpaired) electrons. The fourth-order valence-electron chi connectivity index (χ4n) is 4.15. The molecule has 0 saturated heterocycles. The van der Waals surface area contributed by atoms with Crippen molar-refractivity contribution in [1.29, 1.82) is 0 Å². The minimum Gasteiger partial charge on any atom is -0.361 e. The third-order valence-electron chi connectivity index (χ3n) is 5.64. The molecule has 0 saturated carbocycles. The third kappa shape index (κ3) is 3.62. The van der Waals surface area contributed by atoms with Crippen LogP contribution in [0.2, 0.25) is 0 Å². The van der Waals surface area contributed by atoms with E-state index < -0.39 is 11.4 Å². The normalized spacial score (nSPS) is 12.5. The smallest absolute Gasteiger partial charge is 0.283 e. The van der Waals surface area contributed by atoms with Crippen molar-refractivity contribution in [3.05, 3.63) is 88.2 Å².